The Balaban J connectivity index is 1.76. The van der Waals surface area contributed by atoms with E-state index in [1.807, 2.05) is 31.2 Å². The Labute approximate surface area is 212 Å². The number of carbonyl (C=O) groups is 1. The van der Waals surface area contributed by atoms with Gasteiger partial charge >= 0.3 is 5.97 Å². The summed E-state index contributed by atoms with van der Waals surface area (Å²) in [5.41, 5.74) is 2.11. The highest BCUT2D eigenvalue weighted by molar-refractivity contribution is 7.89. The normalized spacial score (nSPS) is 12.1. The molecule has 10 heteroatoms. The summed E-state index contributed by atoms with van der Waals surface area (Å²) in [5, 5.41) is 7.18. The molecule has 0 heterocycles. The molecule has 7 nitrogen and oxygen atoms in total. The summed E-state index contributed by atoms with van der Waals surface area (Å²) in [7, 11) is -3.55. The van der Waals surface area contributed by atoms with Crippen LogP contribution in [0.1, 0.15) is 37.3 Å². The molecule has 1 unspecified atom stereocenters. The second kappa shape index (κ2) is 14.3. The van der Waals surface area contributed by atoms with Crippen molar-refractivity contribution in [3.05, 3.63) is 64.7 Å². The number of halogens is 1. The van der Waals surface area contributed by atoms with Gasteiger partial charge in [0.2, 0.25) is 10.0 Å². The van der Waals surface area contributed by atoms with Crippen LogP contribution < -0.4 is 15.4 Å². The van der Waals surface area contributed by atoms with E-state index >= 15 is 0 Å². The third-order valence-corrected chi connectivity index (χ3v) is 7.02. The number of sulfonamides is 1. The fraction of sp³-hybridized carbons (Fsp3) is 0.417. The Hall–Kier alpha value is -2.20. The van der Waals surface area contributed by atoms with Crippen LogP contribution in [0.3, 0.4) is 0 Å². The molecule has 2 aromatic rings. The van der Waals surface area contributed by atoms with E-state index in [4.69, 9.17) is 28.6 Å². The van der Waals surface area contributed by atoms with Crippen LogP contribution in [0.25, 0.3) is 0 Å². The van der Waals surface area contributed by atoms with Crippen molar-refractivity contribution in [1.29, 1.82) is 0 Å². The van der Waals surface area contributed by atoms with E-state index in [9.17, 15) is 13.2 Å². The molecule has 0 amide bonds. The van der Waals surface area contributed by atoms with Crippen molar-refractivity contribution in [2.24, 2.45) is 0 Å². The number of carbonyl (C=O) groups excluding carboxylic acids is 1. The molecule has 0 aliphatic heterocycles. The maximum atomic E-state index is 12.4. The van der Waals surface area contributed by atoms with Gasteiger partial charge in [-0.2, -0.15) is 0 Å². The Bertz CT molecular complexity index is 1030. The first-order chi connectivity index (χ1) is 16.2. The van der Waals surface area contributed by atoms with E-state index in [-0.39, 0.29) is 24.0 Å². The molecule has 186 valence electrons. The van der Waals surface area contributed by atoms with Crippen molar-refractivity contribution in [3.63, 3.8) is 0 Å². The highest BCUT2D eigenvalue weighted by Gasteiger charge is 2.20. The summed E-state index contributed by atoms with van der Waals surface area (Å²) >= 11 is 11.2. The Morgan fingerprint density at radius 2 is 1.74 bits per heavy atom. The van der Waals surface area contributed by atoms with E-state index in [0.29, 0.717) is 35.9 Å². The zero-order valence-electron chi connectivity index (χ0n) is 19.5. The molecule has 0 aliphatic carbocycles. The number of nitrogens with one attached hydrogen (secondary N) is 3. The third kappa shape index (κ3) is 9.97. The zero-order chi connectivity index (χ0) is 25.0. The average Bonchev–Trinajstić information content (AvgIpc) is 2.80. The molecular formula is C24H32ClN3O4S2. The number of rotatable bonds is 13. The summed E-state index contributed by atoms with van der Waals surface area (Å²) in [6.07, 6.45) is 2.40. The predicted molar refractivity (Wildman–Crippen MR) is 140 cm³/mol. The van der Waals surface area contributed by atoms with Crippen LogP contribution in [0.15, 0.2) is 53.4 Å². The number of aryl methyl sites for hydroxylation is 1. The number of benzene rings is 2. The van der Waals surface area contributed by atoms with Crippen molar-refractivity contribution < 1.29 is 17.9 Å². The minimum atomic E-state index is -3.55. The molecule has 3 N–H and O–H groups in total. The van der Waals surface area contributed by atoms with E-state index in [1.165, 1.54) is 0 Å². The molecule has 2 rings (SSSR count). The van der Waals surface area contributed by atoms with Crippen LogP contribution in [0, 0.1) is 6.92 Å². The molecule has 0 bridgehead atoms. The maximum absolute atomic E-state index is 12.4. The zero-order valence-corrected chi connectivity index (χ0v) is 21.9. The Kier molecular flexibility index (Phi) is 11.8. The highest BCUT2D eigenvalue weighted by Crippen LogP contribution is 2.11. The second-order valence-electron chi connectivity index (χ2n) is 7.79. The summed E-state index contributed by atoms with van der Waals surface area (Å²) in [4.78, 5) is 12.6. The van der Waals surface area contributed by atoms with E-state index in [0.717, 1.165) is 17.5 Å². The number of hydrogen-bond donors (Lipinski definition) is 3. The smallest absolute Gasteiger partial charge is 0.328 e. The lowest BCUT2D eigenvalue weighted by atomic mass is 10.1. The summed E-state index contributed by atoms with van der Waals surface area (Å²) < 4.78 is 32.5. The number of esters is 1. The van der Waals surface area contributed by atoms with Gasteiger partial charge in [0.15, 0.2) is 5.11 Å². The van der Waals surface area contributed by atoms with Gasteiger partial charge in [-0.25, -0.2) is 17.9 Å². The van der Waals surface area contributed by atoms with Crippen molar-refractivity contribution in [2.45, 2.75) is 50.5 Å². The van der Waals surface area contributed by atoms with Crippen LogP contribution in [-0.2, 0) is 26.0 Å². The van der Waals surface area contributed by atoms with Gasteiger partial charge in [0.05, 0.1) is 11.5 Å². The molecular weight excluding hydrogens is 494 g/mol. The average molecular weight is 526 g/mol. The Morgan fingerprint density at radius 1 is 1.06 bits per heavy atom. The number of thiocarbonyl (C=S) groups is 1. The molecule has 1 atom stereocenters. The van der Waals surface area contributed by atoms with Crippen LogP contribution in [0.2, 0.25) is 5.02 Å². The van der Waals surface area contributed by atoms with Gasteiger partial charge in [-0.3, -0.25) is 0 Å². The highest BCUT2D eigenvalue weighted by atomic mass is 35.5. The first-order valence-corrected chi connectivity index (χ1v) is 13.5. The Morgan fingerprint density at radius 3 is 2.38 bits per heavy atom. The SMILES string of the molecule is CCOC(=O)C(CCCCNS(=O)(=O)c1ccc(C)cc1)NC(=S)NCCc1ccc(Cl)cc1. The third-order valence-electron chi connectivity index (χ3n) is 5.03. The minimum Gasteiger partial charge on any atom is -0.464 e. The number of hydrogen-bond acceptors (Lipinski definition) is 5. The molecule has 0 fully saturated rings. The molecule has 2 aromatic carbocycles. The van der Waals surface area contributed by atoms with E-state index < -0.39 is 16.1 Å². The van der Waals surface area contributed by atoms with E-state index in [2.05, 4.69) is 15.4 Å². The maximum Gasteiger partial charge on any atom is 0.328 e. The molecule has 0 aliphatic rings. The van der Waals surface area contributed by atoms with Crippen molar-refractivity contribution >= 4 is 44.9 Å². The van der Waals surface area contributed by atoms with E-state index in [1.54, 1.807) is 31.2 Å². The van der Waals surface area contributed by atoms with Crippen molar-refractivity contribution in [1.82, 2.24) is 15.4 Å². The fourth-order valence-electron chi connectivity index (χ4n) is 3.15. The topological polar surface area (TPSA) is 96.5 Å². The molecule has 34 heavy (non-hydrogen) atoms. The van der Waals surface area contributed by atoms with Crippen LogP contribution >= 0.6 is 23.8 Å². The molecule has 0 saturated heterocycles. The van der Waals surface area contributed by atoms with Gasteiger partial charge < -0.3 is 15.4 Å². The lowest BCUT2D eigenvalue weighted by Gasteiger charge is -2.19. The van der Waals surface area contributed by atoms with Crippen molar-refractivity contribution in [3.8, 4) is 0 Å². The van der Waals surface area contributed by atoms with Gasteiger partial charge in [-0.15, -0.1) is 0 Å². The first-order valence-electron chi connectivity index (χ1n) is 11.2. The summed E-state index contributed by atoms with van der Waals surface area (Å²) in [5.74, 6) is -0.385. The van der Waals surface area contributed by atoms with Gasteiger partial charge in [-0.1, -0.05) is 41.4 Å². The van der Waals surface area contributed by atoms with Gasteiger partial charge in [0, 0.05) is 18.1 Å². The lowest BCUT2D eigenvalue weighted by Crippen LogP contribution is -2.47. The standard InChI is InChI=1S/C24H32ClN3O4S2/c1-3-32-23(29)22(28-24(33)26-17-15-19-9-11-20(25)12-10-19)6-4-5-16-27-34(30,31)21-13-7-18(2)8-14-21/h7-14,22,27H,3-6,15-17H2,1-2H3,(H2,26,28,33). The molecule has 0 radical (unpaired) electrons. The largest absolute Gasteiger partial charge is 0.464 e. The van der Waals surface area contributed by atoms with Gasteiger partial charge in [-0.05, 0) is 81.6 Å². The quantitative estimate of drug-likeness (QED) is 0.208. The lowest BCUT2D eigenvalue weighted by molar-refractivity contribution is -0.145. The first kappa shape index (κ1) is 28.0. The van der Waals surface area contributed by atoms with Crippen LogP contribution in [0.5, 0.6) is 0 Å². The second-order valence-corrected chi connectivity index (χ2v) is 10.4. The van der Waals surface area contributed by atoms with Crippen LogP contribution in [0.4, 0.5) is 0 Å². The van der Waals surface area contributed by atoms with Crippen LogP contribution in [-0.4, -0.2) is 45.2 Å². The summed E-state index contributed by atoms with van der Waals surface area (Å²) in [6, 6.07) is 13.7. The summed E-state index contributed by atoms with van der Waals surface area (Å²) in [6.45, 7) is 4.79. The monoisotopic (exact) mass is 525 g/mol. The molecule has 0 aromatic heterocycles. The van der Waals surface area contributed by atoms with Crippen molar-refractivity contribution in [2.75, 3.05) is 19.7 Å². The number of ether oxygens (including phenoxy) is 1. The molecule has 0 saturated carbocycles. The van der Waals surface area contributed by atoms with Gasteiger partial charge in [0.25, 0.3) is 0 Å². The van der Waals surface area contributed by atoms with Gasteiger partial charge in [0.1, 0.15) is 6.04 Å². The number of unbranched alkanes of at least 4 members (excludes halogenated alkanes) is 1. The predicted octanol–water partition coefficient (Wildman–Crippen LogP) is 3.74. The molecule has 0 spiro atoms. The fourth-order valence-corrected chi connectivity index (χ4v) is 4.60. The minimum absolute atomic E-state index is 0.235.